The van der Waals surface area contributed by atoms with Crippen LogP contribution in [0.3, 0.4) is 0 Å². The highest BCUT2D eigenvalue weighted by atomic mass is 19.1. The molecule has 0 aliphatic heterocycles. The number of methoxy groups -OCH3 is 1. The zero-order chi connectivity index (χ0) is 17.1. The largest absolute Gasteiger partial charge is 0.480 e. The Labute approximate surface area is 140 Å². The Bertz CT molecular complexity index is 927. The number of hydrogen-bond donors (Lipinski definition) is 0. The van der Waals surface area contributed by atoms with Crippen LogP contribution in [0.2, 0.25) is 0 Å². The molecule has 2 aromatic carbocycles. The van der Waals surface area contributed by atoms with Gasteiger partial charge in [0.25, 0.3) is 0 Å². The molecule has 0 spiro atoms. The Kier molecular flexibility index (Phi) is 4.26. The molecule has 0 bridgehead atoms. The van der Waals surface area contributed by atoms with Crippen LogP contribution in [0.5, 0.6) is 5.88 Å². The first-order valence-electron chi connectivity index (χ1n) is 7.45. The van der Waals surface area contributed by atoms with Crippen molar-refractivity contribution in [3.8, 4) is 34.3 Å². The third kappa shape index (κ3) is 2.84. The van der Waals surface area contributed by atoms with Crippen molar-refractivity contribution in [3.63, 3.8) is 0 Å². The van der Waals surface area contributed by atoms with E-state index in [1.165, 1.54) is 13.2 Å². The van der Waals surface area contributed by atoms with Gasteiger partial charge >= 0.3 is 0 Å². The lowest BCUT2D eigenvalue weighted by atomic mass is 9.98. The SMILES string of the molecule is COc1nc(-c2ccccc2F)cc(-c2ccc(C)cc2)c1C#N. The predicted octanol–water partition coefficient (Wildman–Crippen LogP) is 4.74. The quantitative estimate of drug-likeness (QED) is 0.700. The number of nitrogens with zero attached hydrogens (tertiary/aromatic N) is 2. The lowest BCUT2D eigenvalue weighted by molar-refractivity contribution is 0.397. The maximum Gasteiger partial charge on any atom is 0.232 e. The van der Waals surface area contributed by atoms with Crippen molar-refractivity contribution in [3.05, 3.63) is 71.5 Å². The summed E-state index contributed by atoms with van der Waals surface area (Å²) in [5.41, 5.74) is 3.78. The fraction of sp³-hybridized carbons (Fsp3) is 0.100. The number of hydrogen-bond acceptors (Lipinski definition) is 3. The number of ether oxygens (including phenoxy) is 1. The first kappa shape index (κ1) is 15.7. The Balaban J connectivity index is 2.28. The standard InChI is InChI=1S/C20H15FN2O/c1-13-7-9-14(10-8-13)16-11-19(15-5-3-4-6-18(15)21)23-20(24-2)17(16)12-22/h3-11H,1-2H3. The van der Waals surface area contributed by atoms with E-state index in [-0.39, 0.29) is 11.7 Å². The summed E-state index contributed by atoms with van der Waals surface area (Å²) in [6.45, 7) is 1.99. The second-order valence-electron chi connectivity index (χ2n) is 5.40. The summed E-state index contributed by atoms with van der Waals surface area (Å²) < 4.78 is 19.4. The lowest BCUT2D eigenvalue weighted by Gasteiger charge is -2.12. The summed E-state index contributed by atoms with van der Waals surface area (Å²) in [7, 11) is 1.45. The van der Waals surface area contributed by atoms with Crippen LogP contribution in [0.15, 0.2) is 54.6 Å². The van der Waals surface area contributed by atoms with Gasteiger partial charge in [-0.25, -0.2) is 9.37 Å². The zero-order valence-electron chi connectivity index (χ0n) is 13.4. The molecule has 0 aliphatic carbocycles. The van der Waals surface area contributed by atoms with E-state index >= 15 is 0 Å². The molecule has 0 saturated carbocycles. The number of aryl methyl sites for hydroxylation is 1. The molecule has 24 heavy (non-hydrogen) atoms. The smallest absolute Gasteiger partial charge is 0.232 e. The minimum Gasteiger partial charge on any atom is -0.480 e. The van der Waals surface area contributed by atoms with E-state index in [2.05, 4.69) is 11.1 Å². The summed E-state index contributed by atoms with van der Waals surface area (Å²) in [5, 5.41) is 9.52. The van der Waals surface area contributed by atoms with E-state index in [1.54, 1.807) is 24.3 Å². The van der Waals surface area contributed by atoms with Crippen molar-refractivity contribution >= 4 is 0 Å². The molecule has 0 aliphatic rings. The van der Waals surface area contributed by atoms with Gasteiger partial charge in [-0.1, -0.05) is 42.0 Å². The van der Waals surface area contributed by atoms with Crippen molar-refractivity contribution in [2.24, 2.45) is 0 Å². The highest BCUT2D eigenvalue weighted by molar-refractivity contribution is 5.78. The normalized spacial score (nSPS) is 10.2. The second-order valence-corrected chi connectivity index (χ2v) is 5.40. The lowest BCUT2D eigenvalue weighted by Crippen LogP contribution is -1.98. The number of halogens is 1. The van der Waals surface area contributed by atoms with Crippen LogP contribution in [-0.2, 0) is 0 Å². The van der Waals surface area contributed by atoms with Crippen LogP contribution >= 0.6 is 0 Å². The van der Waals surface area contributed by atoms with E-state index in [4.69, 9.17) is 4.74 Å². The average molecular weight is 318 g/mol. The van der Waals surface area contributed by atoms with Gasteiger partial charge < -0.3 is 4.74 Å². The molecule has 0 saturated heterocycles. The molecular weight excluding hydrogens is 303 g/mol. The molecule has 3 nitrogen and oxygen atoms in total. The molecular formula is C20H15FN2O. The molecule has 0 unspecified atom stereocenters. The molecule has 1 heterocycles. The van der Waals surface area contributed by atoms with Gasteiger partial charge in [0.05, 0.1) is 12.8 Å². The first-order chi connectivity index (χ1) is 11.6. The molecule has 0 atom stereocenters. The van der Waals surface area contributed by atoms with Gasteiger partial charge in [0.1, 0.15) is 17.4 Å². The number of nitriles is 1. The van der Waals surface area contributed by atoms with Crippen molar-refractivity contribution < 1.29 is 9.13 Å². The summed E-state index contributed by atoms with van der Waals surface area (Å²) >= 11 is 0. The third-order valence-electron chi connectivity index (χ3n) is 3.80. The first-order valence-corrected chi connectivity index (χ1v) is 7.45. The molecule has 0 fully saturated rings. The van der Waals surface area contributed by atoms with Gasteiger partial charge in [-0.2, -0.15) is 5.26 Å². The minimum atomic E-state index is -0.369. The van der Waals surface area contributed by atoms with Crippen molar-refractivity contribution in [2.45, 2.75) is 6.92 Å². The number of aromatic nitrogens is 1. The molecule has 3 rings (SSSR count). The molecule has 1 aromatic heterocycles. The van der Waals surface area contributed by atoms with Crippen molar-refractivity contribution in [2.75, 3.05) is 7.11 Å². The number of pyridine rings is 1. The van der Waals surface area contributed by atoms with E-state index in [9.17, 15) is 9.65 Å². The highest BCUT2D eigenvalue weighted by Crippen LogP contribution is 2.34. The minimum absolute atomic E-state index is 0.189. The van der Waals surface area contributed by atoms with Gasteiger partial charge in [0.2, 0.25) is 5.88 Å². The molecule has 0 radical (unpaired) electrons. The van der Waals surface area contributed by atoms with E-state index in [0.29, 0.717) is 22.4 Å². The third-order valence-corrected chi connectivity index (χ3v) is 3.80. The van der Waals surface area contributed by atoms with Gasteiger partial charge in [-0.15, -0.1) is 0 Å². The van der Waals surface area contributed by atoms with Gasteiger partial charge in [0.15, 0.2) is 0 Å². The molecule has 3 aromatic rings. The van der Waals surface area contributed by atoms with Crippen LogP contribution < -0.4 is 4.74 Å². The summed E-state index contributed by atoms with van der Waals surface area (Å²) in [6, 6.07) is 18.1. The van der Waals surface area contributed by atoms with Gasteiger partial charge in [0, 0.05) is 11.1 Å². The van der Waals surface area contributed by atoms with Crippen LogP contribution in [0.4, 0.5) is 4.39 Å². The predicted molar refractivity (Wildman–Crippen MR) is 91.1 cm³/mol. The maximum absolute atomic E-state index is 14.1. The summed E-state index contributed by atoms with van der Waals surface area (Å²) in [5.74, 6) is -0.180. The average Bonchev–Trinajstić information content (AvgIpc) is 2.61. The Morgan fingerprint density at radius 2 is 1.75 bits per heavy atom. The zero-order valence-corrected chi connectivity index (χ0v) is 13.4. The summed E-state index contributed by atoms with van der Waals surface area (Å²) in [6.07, 6.45) is 0. The molecule has 118 valence electrons. The number of benzene rings is 2. The number of rotatable bonds is 3. The maximum atomic E-state index is 14.1. The van der Waals surface area contributed by atoms with Crippen molar-refractivity contribution in [1.29, 1.82) is 5.26 Å². The van der Waals surface area contributed by atoms with Crippen LogP contribution in [0.25, 0.3) is 22.4 Å². The molecule has 0 N–H and O–H groups in total. The van der Waals surface area contributed by atoms with Crippen LogP contribution in [0.1, 0.15) is 11.1 Å². The van der Waals surface area contributed by atoms with E-state index in [1.807, 2.05) is 31.2 Å². The van der Waals surface area contributed by atoms with E-state index in [0.717, 1.165) is 11.1 Å². The second kappa shape index (κ2) is 6.51. The fourth-order valence-electron chi connectivity index (χ4n) is 2.55. The Morgan fingerprint density at radius 1 is 1.04 bits per heavy atom. The molecule has 4 heteroatoms. The van der Waals surface area contributed by atoms with E-state index < -0.39 is 0 Å². The Hall–Kier alpha value is -3.19. The summed E-state index contributed by atoms with van der Waals surface area (Å²) in [4.78, 5) is 4.31. The van der Waals surface area contributed by atoms with Gasteiger partial charge in [-0.3, -0.25) is 0 Å². The van der Waals surface area contributed by atoms with Crippen LogP contribution in [0, 0.1) is 24.1 Å². The van der Waals surface area contributed by atoms with Crippen molar-refractivity contribution in [1.82, 2.24) is 4.98 Å². The Morgan fingerprint density at radius 3 is 2.38 bits per heavy atom. The van der Waals surface area contributed by atoms with Crippen LogP contribution in [-0.4, -0.2) is 12.1 Å². The van der Waals surface area contributed by atoms with Gasteiger partial charge in [-0.05, 0) is 30.7 Å². The monoisotopic (exact) mass is 318 g/mol. The molecule has 0 amide bonds. The highest BCUT2D eigenvalue weighted by Gasteiger charge is 2.17. The topological polar surface area (TPSA) is 45.9 Å². The fourth-order valence-corrected chi connectivity index (χ4v) is 2.55.